The molecule has 0 saturated carbocycles. The number of nitrogens with one attached hydrogen (secondary N) is 1. The predicted molar refractivity (Wildman–Crippen MR) is 98.1 cm³/mol. The SMILES string of the molecule is CCn1cc(C(=O)O)c(=O)c2ccc(-c3csc(NCC(=O)O)n3)cc21. The van der Waals surface area contributed by atoms with Gasteiger partial charge in [0.2, 0.25) is 5.43 Å². The summed E-state index contributed by atoms with van der Waals surface area (Å²) in [4.78, 5) is 38.6. The van der Waals surface area contributed by atoms with Crippen LogP contribution in [0.4, 0.5) is 5.13 Å². The lowest BCUT2D eigenvalue weighted by Gasteiger charge is -2.11. The molecule has 3 rings (SSSR count). The van der Waals surface area contributed by atoms with Gasteiger partial charge in [-0.1, -0.05) is 6.07 Å². The van der Waals surface area contributed by atoms with Crippen LogP contribution >= 0.6 is 11.3 Å². The normalized spacial score (nSPS) is 10.8. The van der Waals surface area contributed by atoms with Crippen LogP contribution in [-0.2, 0) is 11.3 Å². The Morgan fingerprint density at radius 3 is 2.73 bits per heavy atom. The van der Waals surface area contributed by atoms with Crippen molar-refractivity contribution in [3.8, 4) is 11.3 Å². The zero-order valence-corrected chi connectivity index (χ0v) is 14.5. The minimum atomic E-state index is -1.25. The molecule has 0 radical (unpaired) electrons. The van der Waals surface area contributed by atoms with Gasteiger partial charge in [0, 0.05) is 29.1 Å². The van der Waals surface area contributed by atoms with Crippen molar-refractivity contribution in [2.24, 2.45) is 0 Å². The number of fused-ring (bicyclic) bond motifs is 1. The van der Waals surface area contributed by atoms with Gasteiger partial charge in [0.25, 0.3) is 0 Å². The molecule has 0 amide bonds. The molecule has 1 aromatic carbocycles. The third kappa shape index (κ3) is 3.29. The van der Waals surface area contributed by atoms with E-state index in [9.17, 15) is 19.5 Å². The van der Waals surface area contributed by atoms with Crippen molar-refractivity contribution < 1.29 is 19.8 Å². The summed E-state index contributed by atoms with van der Waals surface area (Å²) in [5.74, 6) is -2.23. The summed E-state index contributed by atoms with van der Waals surface area (Å²) in [6, 6.07) is 5.07. The number of hydrogen-bond donors (Lipinski definition) is 3. The van der Waals surface area contributed by atoms with Crippen LogP contribution in [0.2, 0.25) is 0 Å². The molecular formula is C17H15N3O5S. The number of rotatable bonds is 6. The van der Waals surface area contributed by atoms with Crippen molar-refractivity contribution >= 4 is 39.3 Å². The fraction of sp³-hybridized carbons (Fsp3) is 0.176. The lowest BCUT2D eigenvalue weighted by molar-refractivity contribution is -0.134. The highest BCUT2D eigenvalue weighted by atomic mass is 32.1. The molecule has 0 aliphatic heterocycles. The van der Waals surface area contributed by atoms with E-state index in [0.717, 1.165) is 5.56 Å². The molecule has 0 bridgehead atoms. The van der Waals surface area contributed by atoms with E-state index in [1.807, 2.05) is 6.92 Å². The second-order valence-electron chi connectivity index (χ2n) is 5.48. The van der Waals surface area contributed by atoms with Crippen molar-refractivity contribution in [2.45, 2.75) is 13.5 Å². The first kappa shape index (κ1) is 17.6. The molecule has 0 atom stereocenters. The van der Waals surface area contributed by atoms with Gasteiger partial charge in [0.1, 0.15) is 12.1 Å². The van der Waals surface area contributed by atoms with Crippen LogP contribution in [0.3, 0.4) is 0 Å². The Morgan fingerprint density at radius 2 is 2.08 bits per heavy atom. The average Bonchev–Trinajstić information content (AvgIpc) is 3.09. The average molecular weight is 373 g/mol. The maximum Gasteiger partial charge on any atom is 0.341 e. The predicted octanol–water partition coefficient (Wildman–Crippen LogP) is 2.34. The Morgan fingerprint density at radius 1 is 1.31 bits per heavy atom. The maximum atomic E-state index is 12.4. The van der Waals surface area contributed by atoms with E-state index in [0.29, 0.717) is 28.3 Å². The summed E-state index contributed by atoms with van der Waals surface area (Å²) in [5, 5.41) is 23.2. The highest BCUT2D eigenvalue weighted by molar-refractivity contribution is 7.14. The van der Waals surface area contributed by atoms with E-state index < -0.39 is 17.4 Å². The molecule has 3 N–H and O–H groups in total. The number of carboxylic acids is 2. The Labute approximate surface area is 151 Å². The van der Waals surface area contributed by atoms with Gasteiger partial charge in [-0.15, -0.1) is 11.3 Å². The number of aromatic nitrogens is 2. The summed E-state index contributed by atoms with van der Waals surface area (Å²) in [6.07, 6.45) is 1.34. The molecule has 0 aliphatic carbocycles. The van der Waals surface area contributed by atoms with E-state index >= 15 is 0 Å². The highest BCUT2D eigenvalue weighted by Crippen LogP contribution is 2.27. The largest absolute Gasteiger partial charge is 0.480 e. The second-order valence-corrected chi connectivity index (χ2v) is 6.34. The number of carboxylic acid groups (broad SMARTS) is 2. The number of carbonyl (C=O) groups is 2. The number of aromatic carboxylic acids is 1. The first-order chi connectivity index (χ1) is 12.4. The molecule has 2 heterocycles. The van der Waals surface area contributed by atoms with Crippen molar-refractivity contribution in [3.63, 3.8) is 0 Å². The van der Waals surface area contributed by atoms with Gasteiger partial charge in [-0.25, -0.2) is 9.78 Å². The van der Waals surface area contributed by atoms with Gasteiger partial charge in [-0.3, -0.25) is 9.59 Å². The molecule has 0 aliphatic rings. The third-order valence-corrected chi connectivity index (χ3v) is 4.64. The fourth-order valence-electron chi connectivity index (χ4n) is 2.60. The number of benzene rings is 1. The van der Waals surface area contributed by atoms with Gasteiger partial charge in [0.15, 0.2) is 5.13 Å². The topological polar surface area (TPSA) is 122 Å². The molecule has 0 saturated heterocycles. The zero-order chi connectivity index (χ0) is 18.8. The number of aryl methyl sites for hydroxylation is 1. The minimum absolute atomic E-state index is 0.224. The van der Waals surface area contributed by atoms with Crippen molar-refractivity contribution in [1.82, 2.24) is 9.55 Å². The first-order valence-corrected chi connectivity index (χ1v) is 8.60. The van der Waals surface area contributed by atoms with Crippen LogP contribution in [0.15, 0.2) is 34.6 Å². The van der Waals surface area contributed by atoms with E-state index in [2.05, 4.69) is 10.3 Å². The van der Waals surface area contributed by atoms with Crippen molar-refractivity contribution in [2.75, 3.05) is 11.9 Å². The lowest BCUT2D eigenvalue weighted by Crippen LogP contribution is -2.18. The number of thiazole rings is 1. The monoisotopic (exact) mass is 373 g/mol. The van der Waals surface area contributed by atoms with E-state index in [-0.39, 0.29) is 12.1 Å². The van der Waals surface area contributed by atoms with Crippen molar-refractivity contribution in [1.29, 1.82) is 0 Å². The van der Waals surface area contributed by atoms with Crippen LogP contribution in [0.1, 0.15) is 17.3 Å². The smallest absolute Gasteiger partial charge is 0.341 e. The number of pyridine rings is 1. The van der Waals surface area contributed by atoms with E-state index in [1.54, 1.807) is 28.1 Å². The van der Waals surface area contributed by atoms with E-state index in [4.69, 9.17) is 5.11 Å². The minimum Gasteiger partial charge on any atom is -0.480 e. The summed E-state index contributed by atoms with van der Waals surface area (Å²) in [6.45, 7) is 2.14. The van der Waals surface area contributed by atoms with Crippen molar-refractivity contribution in [3.05, 3.63) is 45.6 Å². The van der Waals surface area contributed by atoms with Crippen LogP contribution < -0.4 is 10.7 Å². The Bertz CT molecular complexity index is 1070. The summed E-state index contributed by atoms with van der Waals surface area (Å²) in [5.41, 5.74) is 1.23. The molecule has 26 heavy (non-hydrogen) atoms. The van der Waals surface area contributed by atoms with Crippen LogP contribution in [-0.4, -0.2) is 38.2 Å². The second kappa shape index (κ2) is 6.96. The Balaban J connectivity index is 2.07. The Kier molecular flexibility index (Phi) is 4.72. The summed E-state index contributed by atoms with van der Waals surface area (Å²) >= 11 is 1.28. The molecular weight excluding hydrogens is 358 g/mol. The standard InChI is InChI=1S/C17H15N3O5S/c1-2-20-7-11(16(24)25)15(23)10-4-3-9(5-13(10)20)12-8-26-17(19-12)18-6-14(21)22/h3-5,7-8H,2,6H2,1H3,(H,18,19)(H,21,22)(H,24,25). The Hall–Kier alpha value is -3.20. The molecule has 0 spiro atoms. The summed E-state index contributed by atoms with van der Waals surface area (Å²) < 4.78 is 1.71. The quantitative estimate of drug-likeness (QED) is 0.606. The van der Waals surface area contributed by atoms with E-state index in [1.165, 1.54) is 17.5 Å². The molecule has 134 valence electrons. The molecule has 0 fully saturated rings. The van der Waals surface area contributed by atoms with Crippen LogP contribution in [0.5, 0.6) is 0 Å². The molecule has 8 nitrogen and oxygen atoms in total. The summed E-state index contributed by atoms with van der Waals surface area (Å²) in [7, 11) is 0. The van der Waals surface area contributed by atoms with Crippen LogP contribution in [0, 0.1) is 0 Å². The number of hydrogen-bond acceptors (Lipinski definition) is 6. The van der Waals surface area contributed by atoms with Gasteiger partial charge < -0.3 is 20.1 Å². The van der Waals surface area contributed by atoms with Gasteiger partial charge in [-0.2, -0.15) is 0 Å². The maximum absolute atomic E-state index is 12.4. The van der Waals surface area contributed by atoms with Gasteiger partial charge in [0.05, 0.1) is 11.2 Å². The van der Waals surface area contributed by atoms with Gasteiger partial charge >= 0.3 is 11.9 Å². The molecule has 0 unspecified atom stereocenters. The molecule has 3 aromatic rings. The third-order valence-electron chi connectivity index (χ3n) is 3.84. The fourth-order valence-corrected chi connectivity index (χ4v) is 3.32. The van der Waals surface area contributed by atoms with Crippen LogP contribution in [0.25, 0.3) is 22.2 Å². The first-order valence-electron chi connectivity index (χ1n) is 7.72. The lowest BCUT2D eigenvalue weighted by atomic mass is 10.1. The number of aliphatic carboxylic acids is 1. The zero-order valence-electron chi connectivity index (χ0n) is 13.7. The highest BCUT2D eigenvalue weighted by Gasteiger charge is 2.15. The number of anilines is 1. The number of nitrogens with zero attached hydrogens (tertiary/aromatic N) is 2. The van der Waals surface area contributed by atoms with Gasteiger partial charge in [-0.05, 0) is 19.1 Å². The molecule has 9 heteroatoms. The molecule has 2 aromatic heterocycles.